The topological polar surface area (TPSA) is 51.6 Å². The van der Waals surface area contributed by atoms with Crippen LogP contribution in [0.25, 0.3) is 10.9 Å². The Kier molecular flexibility index (Phi) is 2.70. The van der Waals surface area contributed by atoms with Gasteiger partial charge in [-0.05, 0) is 43.8 Å². The molecule has 76 valence electrons. The van der Waals surface area contributed by atoms with E-state index in [1.807, 2.05) is 31.4 Å². The summed E-state index contributed by atoms with van der Waals surface area (Å²) >= 11 is 0. The Bertz CT molecular complexity index is 505. The fraction of sp³-hybridized carbons (Fsp3) is 0.250. The number of likely N-dealkylation sites (N-methyl/N-ethyl adjacent to an activating group) is 1. The predicted octanol–water partition coefficient (Wildman–Crippen LogP) is 1.80. The fourth-order valence-electron chi connectivity index (χ4n) is 1.71. The standard InChI is InChI=1S/C12H13N3/c1-14-5-4-10-8-15-12-3-2-9(7-13)6-11(10)12/h2-3,6,8,14-15H,4-5H2,1H3. The summed E-state index contributed by atoms with van der Waals surface area (Å²) in [5, 5.41) is 13.1. The van der Waals surface area contributed by atoms with Crippen LogP contribution in [-0.2, 0) is 6.42 Å². The Morgan fingerprint density at radius 2 is 2.33 bits per heavy atom. The van der Waals surface area contributed by atoms with Gasteiger partial charge in [-0.3, -0.25) is 0 Å². The molecule has 0 bridgehead atoms. The minimum Gasteiger partial charge on any atom is -0.361 e. The molecule has 0 fully saturated rings. The van der Waals surface area contributed by atoms with Gasteiger partial charge < -0.3 is 10.3 Å². The molecule has 0 saturated carbocycles. The molecule has 2 rings (SSSR count). The summed E-state index contributed by atoms with van der Waals surface area (Å²) in [5.74, 6) is 0. The van der Waals surface area contributed by atoms with E-state index < -0.39 is 0 Å². The molecule has 0 aliphatic heterocycles. The van der Waals surface area contributed by atoms with E-state index >= 15 is 0 Å². The summed E-state index contributed by atoms with van der Waals surface area (Å²) in [5.41, 5.74) is 3.07. The molecular weight excluding hydrogens is 186 g/mol. The van der Waals surface area contributed by atoms with Crippen LogP contribution in [-0.4, -0.2) is 18.6 Å². The number of aromatic nitrogens is 1. The number of nitriles is 1. The van der Waals surface area contributed by atoms with Gasteiger partial charge in [0.1, 0.15) is 0 Å². The van der Waals surface area contributed by atoms with E-state index in [2.05, 4.69) is 16.4 Å². The van der Waals surface area contributed by atoms with Crippen molar-refractivity contribution in [3.05, 3.63) is 35.5 Å². The van der Waals surface area contributed by atoms with Gasteiger partial charge in [-0.2, -0.15) is 5.26 Å². The summed E-state index contributed by atoms with van der Waals surface area (Å²) in [4.78, 5) is 3.21. The Hall–Kier alpha value is -1.79. The Labute approximate surface area is 88.7 Å². The normalized spacial score (nSPS) is 10.4. The minimum absolute atomic E-state index is 0.716. The largest absolute Gasteiger partial charge is 0.361 e. The number of rotatable bonds is 3. The summed E-state index contributed by atoms with van der Waals surface area (Å²) in [6.07, 6.45) is 2.99. The summed E-state index contributed by atoms with van der Waals surface area (Å²) in [7, 11) is 1.94. The van der Waals surface area contributed by atoms with Gasteiger partial charge in [-0.25, -0.2) is 0 Å². The van der Waals surface area contributed by atoms with Crippen LogP contribution in [0.1, 0.15) is 11.1 Å². The molecule has 2 aromatic rings. The third-order valence-electron chi connectivity index (χ3n) is 2.54. The van der Waals surface area contributed by atoms with Gasteiger partial charge in [-0.1, -0.05) is 0 Å². The van der Waals surface area contributed by atoms with Crippen LogP contribution in [0.5, 0.6) is 0 Å². The SMILES string of the molecule is CNCCc1c[nH]c2ccc(C#N)cc12. The van der Waals surface area contributed by atoms with E-state index in [1.165, 1.54) is 5.56 Å². The number of fused-ring (bicyclic) bond motifs is 1. The van der Waals surface area contributed by atoms with Gasteiger partial charge in [0.2, 0.25) is 0 Å². The lowest BCUT2D eigenvalue weighted by Crippen LogP contribution is -2.09. The van der Waals surface area contributed by atoms with Gasteiger partial charge >= 0.3 is 0 Å². The van der Waals surface area contributed by atoms with E-state index in [1.54, 1.807) is 0 Å². The van der Waals surface area contributed by atoms with Crippen molar-refractivity contribution >= 4 is 10.9 Å². The van der Waals surface area contributed by atoms with Gasteiger partial charge in [0, 0.05) is 17.1 Å². The quantitative estimate of drug-likeness (QED) is 0.792. The number of nitrogens with one attached hydrogen (secondary N) is 2. The van der Waals surface area contributed by atoms with Crippen LogP contribution in [0.4, 0.5) is 0 Å². The predicted molar refractivity (Wildman–Crippen MR) is 60.6 cm³/mol. The number of benzene rings is 1. The fourth-order valence-corrected chi connectivity index (χ4v) is 1.71. The maximum atomic E-state index is 8.83. The number of aromatic amines is 1. The molecule has 2 N–H and O–H groups in total. The maximum Gasteiger partial charge on any atom is 0.0991 e. The van der Waals surface area contributed by atoms with Gasteiger partial charge in [-0.15, -0.1) is 0 Å². The second kappa shape index (κ2) is 4.16. The molecule has 0 spiro atoms. The molecule has 1 aromatic heterocycles. The van der Waals surface area contributed by atoms with Gasteiger partial charge in [0.15, 0.2) is 0 Å². The minimum atomic E-state index is 0.716. The molecule has 0 saturated heterocycles. The number of H-pyrrole nitrogens is 1. The molecular formula is C12H13N3. The third-order valence-corrected chi connectivity index (χ3v) is 2.54. The Balaban J connectivity index is 2.43. The molecule has 0 unspecified atom stereocenters. The van der Waals surface area contributed by atoms with E-state index in [-0.39, 0.29) is 0 Å². The molecule has 0 amide bonds. The number of hydrogen-bond acceptors (Lipinski definition) is 2. The van der Waals surface area contributed by atoms with Crippen LogP contribution in [0, 0.1) is 11.3 Å². The molecule has 0 radical (unpaired) electrons. The molecule has 0 aliphatic carbocycles. The van der Waals surface area contributed by atoms with Crippen LogP contribution in [0.2, 0.25) is 0 Å². The lowest BCUT2D eigenvalue weighted by molar-refractivity contribution is 0.795. The third kappa shape index (κ3) is 1.85. The first-order valence-electron chi connectivity index (χ1n) is 5.00. The smallest absolute Gasteiger partial charge is 0.0991 e. The monoisotopic (exact) mass is 199 g/mol. The summed E-state index contributed by atoms with van der Waals surface area (Å²) in [6, 6.07) is 7.89. The maximum absolute atomic E-state index is 8.83. The number of hydrogen-bond donors (Lipinski definition) is 2. The molecule has 0 atom stereocenters. The first-order chi connectivity index (χ1) is 7.35. The highest BCUT2D eigenvalue weighted by Gasteiger charge is 2.03. The first kappa shape index (κ1) is 9.75. The van der Waals surface area contributed by atoms with Gasteiger partial charge in [0.05, 0.1) is 11.6 Å². The summed E-state index contributed by atoms with van der Waals surface area (Å²) in [6.45, 7) is 0.948. The van der Waals surface area contributed by atoms with Crippen molar-refractivity contribution in [1.82, 2.24) is 10.3 Å². The molecule has 1 aromatic carbocycles. The van der Waals surface area contributed by atoms with Crippen molar-refractivity contribution in [3.63, 3.8) is 0 Å². The lowest BCUT2D eigenvalue weighted by Gasteiger charge is -1.98. The van der Waals surface area contributed by atoms with Gasteiger partial charge in [0.25, 0.3) is 0 Å². The highest BCUT2D eigenvalue weighted by atomic mass is 14.8. The highest BCUT2D eigenvalue weighted by Crippen LogP contribution is 2.19. The van der Waals surface area contributed by atoms with Crippen molar-refractivity contribution in [2.75, 3.05) is 13.6 Å². The molecule has 3 heteroatoms. The van der Waals surface area contributed by atoms with Crippen LogP contribution >= 0.6 is 0 Å². The molecule has 1 heterocycles. The number of nitrogens with zero attached hydrogens (tertiary/aromatic N) is 1. The van der Waals surface area contributed by atoms with Crippen LogP contribution < -0.4 is 5.32 Å². The van der Waals surface area contributed by atoms with E-state index in [9.17, 15) is 0 Å². The Morgan fingerprint density at radius 1 is 1.47 bits per heavy atom. The van der Waals surface area contributed by atoms with Crippen molar-refractivity contribution in [3.8, 4) is 6.07 Å². The van der Waals surface area contributed by atoms with E-state index in [4.69, 9.17) is 5.26 Å². The zero-order valence-electron chi connectivity index (χ0n) is 8.67. The lowest BCUT2D eigenvalue weighted by atomic mass is 10.1. The Morgan fingerprint density at radius 3 is 3.07 bits per heavy atom. The van der Waals surface area contributed by atoms with Crippen molar-refractivity contribution < 1.29 is 0 Å². The average Bonchev–Trinajstić information content (AvgIpc) is 2.68. The van der Waals surface area contributed by atoms with Crippen molar-refractivity contribution in [2.45, 2.75) is 6.42 Å². The molecule has 15 heavy (non-hydrogen) atoms. The van der Waals surface area contributed by atoms with Crippen LogP contribution in [0.15, 0.2) is 24.4 Å². The zero-order valence-corrected chi connectivity index (χ0v) is 8.67. The van der Waals surface area contributed by atoms with Crippen LogP contribution in [0.3, 0.4) is 0 Å². The van der Waals surface area contributed by atoms with E-state index in [0.29, 0.717) is 5.56 Å². The highest BCUT2D eigenvalue weighted by molar-refractivity contribution is 5.84. The second-order valence-corrected chi connectivity index (χ2v) is 3.54. The average molecular weight is 199 g/mol. The van der Waals surface area contributed by atoms with Crippen molar-refractivity contribution in [1.29, 1.82) is 5.26 Å². The molecule has 0 aliphatic rings. The molecule has 3 nitrogen and oxygen atoms in total. The van der Waals surface area contributed by atoms with Crippen molar-refractivity contribution in [2.24, 2.45) is 0 Å². The van der Waals surface area contributed by atoms with E-state index in [0.717, 1.165) is 23.9 Å². The first-order valence-corrected chi connectivity index (χ1v) is 5.00. The zero-order chi connectivity index (χ0) is 10.7. The summed E-state index contributed by atoms with van der Waals surface area (Å²) < 4.78 is 0. The second-order valence-electron chi connectivity index (χ2n) is 3.54.